The Balaban J connectivity index is 1.53. The van der Waals surface area contributed by atoms with E-state index in [1.54, 1.807) is 32.0 Å². The molecular formula is C26H27ClN2O4. The third-order valence-corrected chi connectivity index (χ3v) is 6.49. The molecule has 6 nitrogen and oxygen atoms in total. The summed E-state index contributed by atoms with van der Waals surface area (Å²) in [6.07, 6.45) is 0. The number of ether oxygens (including phenoxy) is 2. The molecule has 0 aliphatic carbocycles. The van der Waals surface area contributed by atoms with Gasteiger partial charge in [-0.3, -0.25) is 14.7 Å². The summed E-state index contributed by atoms with van der Waals surface area (Å²) in [5.41, 5.74) is 4.85. The van der Waals surface area contributed by atoms with Crippen LogP contribution in [-0.4, -0.2) is 42.8 Å². The van der Waals surface area contributed by atoms with Crippen molar-refractivity contribution in [3.63, 3.8) is 0 Å². The van der Waals surface area contributed by atoms with Crippen LogP contribution in [-0.2, 0) is 32.2 Å². The van der Waals surface area contributed by atoms with Gasteiger partial charge in [0.25, 0.3) is 0 Å². The lowest BCUT2D eigenvalue weighted by atomic mass is 9.75. The van der Waals surface area contributed by atoms with Crippen LogP contribution >= 0.6 is 11.6 Å². The van der Waals surface area contributed by atoms with Crippen molar-refractivity contribution in [2.75, 3.05) is 20.3 Å². The van der Waals surface area contributed by atoms with Gasteiger partial charge in [-0.05, 0) is 42.7 Å². The van der Waals surface area contributed by atoms with Crippen LogP contribution in [0.4, 0.5) is 0 Å². The van der Waals surface area contributed by atoms with Gasteiger partial charge in [0.2, 0.25) is 0 Å². The maximum absolute atomic E-state index is 13.3. The maximum atomic E-state index is 13.3. The van der Waals surface area contributed by atoms with Gasteiger partial charge in [0.15, 0.2) is 0 Å². The van der Waals surface area contributed by atoms with E-state index in [2.05, 4.69) is 22.0 Å². The summed E-state index contributed by atoms with van der Waals surface area (Å²) < 4.78 is 10.7. The molecule has 0 radical (unpaired) electrons. The van der Waals surface area contributed by atoms with E-state index in [0.717, 1.165) is 18.7 Å². The number of benzene rings is 2. The maximum Gasteiger partial charge on any atom is 0.336 e. The zero-order chi connectivity index (χ0) is 23.5. The number of aliphatic imine (C=N–C) groups is 1. The lowest BCUT2D eigenvalue weighted by Gasteiger charge is -2.31. The van der Waals surface area contributed by atoms with E-state index in [4.69, 9.17) is 21.1 Å². The Bertz CT molecular complexity index is 1120. The summed E-state index contributed by atoms with van der Waals surface area (Å²) >= 11 is 6.24. The van der Waals surface area contributed by atoms with Crippen molar-refractivity contribution in [2.45, 2.75) is 32.9 Å². The molecule has 2 heterocycles. The standard InChI is InChI=1S/C26H27ClN2O4/c1-16-22(25(30)32-3)24(18-9-6-10-21(27)13-18)23(17(2)28-16)26(31)33-12-11-29-14-19-7-4-5-8-20(19)15-29/h4-10,13,22,24H,11-12,14-15H2,1-3H3. The van der Waals surface area contributed by atoms with Gasteiger partial charge in [0.1, 0.15) is 12.5 Å². The summed E-state index contributed by atoms with van der Waals surface area (Å²) in [4.78, 5) is 32.7. The lowest BCUT2D eigenvalue weighted by Crippen LogP contribution is -2.36. The Morgan fingerprint density at radius 1 is 1.09 bits per heavy atom. The Hall–Kier alpha value is -2.96. The molecule has 0 aromatic heterocycles. The molecule has 2 aromatic rings. The van der Waals surface area contributed by atoms with Gasteiger partial charge in [-0.1, -0.05) is 48.0 Å². The lowest BCUT2D eigenvalue weighted by molar-refractivity contribution is -0.144. The molecule has 33 heavy (non-hydrogen) atoms. The van der Waals surface area contributed by atoms with Crippen LogP contribution in [0.5, 0.6) is 0 Å². The number of methoxy groups -OCH3 is 1. The number of hydrogen-bond donors (Lipinski definition) is 0. The number of fused-ring (bicyclic) bond motifs is 1. The fourth-order valence-corrected chi connectivity index (χ4v) is 4.90. The monoisotopic (exact) mass is 466 g/mol. The normalized spacial score (nSPS) is 20.3. The third-order valence-electron chi connectivity index (χ3n) is 6.26. The van der Waals surface area contributed by atoms with Gasteiger partial charge in [-0.25, -0.2) is 4.79 Å². The summed E-state index contributed by atoms with van der Waals surface area (Å²) in [7, 11) is 1.34. The van der Waals surface area contributed by atoms with Crippen molar-refractivity contribution < 1.29 is 19.1 Å². The zero-order valence-electron chi connectivity index (χ0n) is 19.0. The Morgan fingerprint density at radius 2 is 1.79 bits per heavy atom. The van der Waals surface area contributed by atoms with Gasteiger partial charge in [0.05, 0.1) is 12.7 Å². The van der Waals surface area contributed by atoms with Gasteiger partial charge in [-0.2, -0.15) is 0 Å². The molecule has 7 heteroatoms. The number of rotatable bonds is 6. The molecule has 2 aliphatic rings. The first-order valence-electron chi connectivity index (χ1n) is 10.9. The molecule has 0 bridgehead atoms. The van der Waals surface area contributed by atoms with E-state index in [-0.39, 0.29) is 6.61 Å². The van der Waals surface area contributed by atoms with E-state index in [1.165, 1.54) is 18.2 Å². The highest BCUT2D eigenvalue weighted by Crippen LogP contribution is 2.40. The average Bonchev–Trinajstić information content (AvgIpc) is 3.20. The third kappa shape index (κ3) is 4.87. The molecule has 0 saturated heterocycles. The number of carbonyl (C=O) groups is 2. The van der Waals surface area contributed by atoms with Gasteiger partial charge >= 0.3 is 11.9 Å². The molecule has 2 atom stereocenters. The van der Waals surface area contributed by atoms with Crippen molar-refractivity contribution in [3.05, 3.63) is 81.5 Å². The first kappa shape index (κ1) is 23.2. The van der Waals surface area contributed by atoms with Crippen molar-refractivity contribution in [1.29, 1.82) is 0 Å². The number of nitrogens with zero attached hydrogens (tertiary/aromatic N) is 2. The molecule has 0 spiro atoms. The Labute approximate surface area is 198 Å². The first-order chi connectivity index (χ1) is 15.9. The van der Waals surface area contributed by atoms with Gasteiger partial charge < -0.3 is 9.47 Å². The highest BCUT2D eigenvalue weighted by molar-refractivity contribution is 6.30. The van der Waals surface area contributed by atoms with Gasteiger partial charge in [0, 0.05) is 42.0 Å². The number of hydrogen-bond acceptors (Lipinski definition) is 6. The van der Waals surface area contributed by atoms with Crippen LogP contribution in [0.25, 0.3) is 0 Å². The fraction of sp³-hybridized carbons (Fsp3) is 0.346. The number of allylic oxidation sites excluding steroid dienone is 1. The second-order valence-electron chi connectivity index (χ2n) is 8.40. The van der Waals surface area contributed by atoms with Crippen molar-refractivity contribution in [1.82, 2.24) is 4.90 Å². The van der Waals surface area contributed by atoms with Crippen LogP contribution in [0.3, 0.4) is 0 Å². The van der Waals surface area contributed by atoms with Gasteiger partial charge in [-0.15, -0.1) is 0 Å². The summed E-state index contributed by atoms with van der Waals surface area (Å²) in [6.45, 7) is 6.09. The van der Waals surface area contributed by atoms with Crippen LogP contribution in [0.15, 0.2) is 64.8 Å². The second kappa shape index (κ2) is 9.89. The predicted octanol–water partition coefficient (Wildman–Crippen LogP) is 4.52. The predicted molar refractivity (Wildman–Crippen MR) is 127 cm³/mol. The number of carbonyl (C=O) groups excluding carboxylic acids is 2. The summed E-state index contributed by atoms with van der Waals surface area (Å²) in [5, 5.41) is 0.523. The van der Waals surface area contributed by atoms with E-state index in [9.17, 15) is 9.59 Å². The molecule has 0 N–H and O–H groups in total. The number of halogens is 1. The minimum atomic E-state index is -0.729. The van der Waals surface area contributed by atoms with E-state index in [0.29, 0.717) is 28.5 Å². The minimum Gasteiger partial charge on any atom is -0.468 e. The van der Waals surface area contributed by atoms with E-state index >= 15 is 0 Å². The second-order valence-corrected chi connectivity index (χ2v) is 8.84. The van der Waals surface area contributed by atoms with Crippen molar-refractivity contribution in [3.8, 4) is 0 Å². The Kier molecular flexibility index (Phi) is 6.96. The average molecular weight is 467 g/mol. The first-order valence-corrected chi connectivity index (χ1v) is 11.3. The molecule has 2 unspecified atom stereocenters. The van der Waals surface area contributed by atoms with Crippen LogP contribution in [0.2, 0.25) is 5.02 Å². The van der Waals surface area contributed by atoms with E-state index < -0.39 is 23.8 Å². The molecule has 0 fully saturated rings. The molecule has 0 saturated carbocycles. The Morgan fingerprint density at radius 3 is 2.42 bits per heavy atom. The quantitative estimate of drug-likeness (QED) is 0.585. The van der Waals surface area contributed by atoms with Crippen LogP contribution < -0.4 is 0 Å². The highest BCUT2D eigenvalue weighted by atomic mass is 35.5. The minimum absolute atomic E-state index is 0.247. The molecule has 2 aliphatic heterocycles. The SMILES string of the molecule is COC(=O)C1C(C)=NC(C)=C(C(=O)OCCN2Cc3ccccc3C2)C1c1cccc(Cl)c1. The number of esters is 2. The molecule has 0 amide bonds. The summed E-state index contributed by atoms with van der Waals surface area (Å²) in [6, 6.07) is 15.5. The topological polar surface area (TPSA) is 68.2 Å². The van der Waals surface area contributed by atoms with E-state index in [1.807, 2.05) is 18.2 Å². The van der Waals surface area contributed by atoms with Crippen LogP contribution in [0.1, 0.15) is 36.5 Å². The fourth-order valence-electron chi connectivity index (χ4n) is 4.70. The smallest absolute Gasteiger partial charge is 0.336 e. The highest BCUT2D eigenvalue weighted by Gasteiger charge is 2.42. The van der Waals surface area contributed by atoms with Crippen molar-refractivity contribution in [2.24, 2.45) is 10.9 Å². The molecule has 4 rings (SSSR count). The largest absolute Gasteiger partial charge is 0.468 e. The molecule has 172 valence electrons. The zero-order valence-corrected chi connectivity index (χ0v) is 19.8. The van der Waals surface area contributed by atoms with Crippen molar-refractivity contribution >= 4 is 29.3 Å². The molecule has 2 aromatic carbocycles. The summed E-state index contributed by atoms with van der Waals surface area (Å²) in [5.74, 6) is -2.24. The molecular weight excluding hydrogens is 440 g/mol. The van der Waals surface area contributed by atoms with Crippen LogP contribution in [0, 0.1) is 5.92 Å².